The van der Waals surface area contributed by atoms with Gasteiger partial charge >= 0.3 is 0 Å². The largest absolute Gasteiger partial charge is 0.396 e. The van der Waals surface area contributed by atoms with Crippen LogP contribution in [0.2, 0.25) is 0 Å². The molecule has 0 heterocycles. The highest BCUT2D eigenvalue weighted by Crippen LogP contribution is 2.32. The van der Waals surface area contributed by atoms with E-state index in [0.29, 0.717) is 11.1 Å². The zero-order valence-electron chi connectivity index (χ0n) is 15.9. The van der Waals surface area contributed by atoms with E-state index in [2.05, 4.69) is 5.32 Å². The number of nitrogens with zero attached hydrogens (tertiary/aromatic N) is 1. The van der Waals surface area contributed by atoms with E-state index in [9.17, 15) is 8.78 Å². The molecule has 0 aliphatic heterocycles. The zero-order chi connectivity index (χ0) is 20.1. The number of hydrogen-bond donors (Lipinski definition) is 3. The molecule has 2 rings (SSSR count). The number of nitrogen functional groups attached to an aromatic ring is 1. The van der Waals surface area contributed by atoms with E-state index in [4.69, 9.17) is 11.1 Å². The summed E-state index contributed by atoms with van der Waals surface area (Å²) in [6, 6.07) is 7.81. The third kappa shape index (κ3) is 4.53. The van der Waals surface area contributed by atoms with E-state index in [1.54, 1.807) is 24.3 Å². The molecule has 0 saturated heterocycles. The summed E-state index contributed by atoms with van der Waals surface area (Å²) < 4.78 is 28.2. The molecule has 0 atom stereocenters. The van der Waals surface area contributed by atoms with Crippen molar-refractivity contribution in [2.75, 3.05) is 26.9 Å². The summed E-state index contributed by atoms with van der Waals surface area (Å²) in [6.07, 6.45) is 4.73. The lowest BCUT2D eigenvalue weighted by Crippen LogP contribution is -2.07. The molecule has 4 nitrogen and oxygen atoms in total. The Bertz CT molecular complexity index is 915. The minimum atomic E-state index is -0.783. The van der Waals surface area contributed by atoms with Gasteiger partial charge in [-0.05, 0) is 35.7 Å². The Morgan fingerprint density at radius 3 is 2.41 bits per heavy atom. The molecule has 142 valence electrons. The monoisotopic (exact) mass is 370 g/mol. The Morgan fingerprint density at radius 2 is 1.81 bits per heavy atom. The normalized spacial score (nSPS) is 12.1. The zero-order valence-corrected chi connectivity index (χ0v) is 15.9. The van der Waals surface area contributed by atoms with Gasteiger partial charge in [0.05, 0.1) is 5.69 Å². The molecule has 0 spiro atoms. The van der Waals surface area contributed by atoms with Gasteiger partial charge in [0.2, 0.25) is 0 Å². The van der Waals surface area contributed by atoms with Crippen LogP contribution in [0, 0.1) is 24.0 Å². The standard InChI is InChI=1S/C21H24F2N4/c1-13-5-6-14(15(10-24)11-26-2)7-16(13)18(12-27(3)4)17-8-21(25)20(23)9-19(17)22/h5-12,24,26H,25H2,1-4H3/b15-11+,18-12+,24-10?. The van der Waals surface area contributed by atoms with Crippen LogP contribution in [0.5, 0.6) is 0 Å². The molecule has 0 radical (unpaired) electrons. The van der Waals surface area contributed by atoms with Crippen LogP contribution in [0.3, 0.4) is 0 Å². The third-order valence-corrected chi connectivity index (χ3v) is 4.08. The van der Waals surface area contributed by atoms with Gasteiger partial charge in [-0.15, -0.1) is 0 Å². The lowest BCUT2D eigenvalue weighted by molar-refractivity contribution is 0.563. The summed E-state index contributed by atoms with van der Waals surface area (Å²) >= 11 is 0. The van der Waals surface area contributed by atoms with Crippen LogP contribution in [0.4, 0.5) is 14.5 Å². The first kappa shape index (κ1) is 20.2. The van der Waals surface area contributed by atoms with Gasteiger partial charge in [0.25, 0.3) is 0 Å². The molecule has 6 heteroatoms. The van der Waals surface area contributed by atoms with E-state index >= 15 is 0 Å². The summed E-state index contributed by atoms with van der Waals surface area (Å²) in [6.45, 7) is 1.92. The van der Waals surface area contributed by atoms with Crippen molar-refractivity contribution in [3.05, 3.63) is 76.6 Å². The Balaban J connectivity index is 2.74. The number of aryl methyl sites for hydroxylation is 1. The molecular formula is C21H24F2N4. The molecule has 0 fully saturated rings. The number of hydrogen-bond acceptors (Lipinski definition) is 4. The van der Waals surface area contributed by atoms with Crippen molar-refractivity contribution in [2.24, 2.45) is 0 Å². The second-order valence-corrected chi connectivity index (χ2v) is 6.42. The minimum Gasteiger partial charge on any atom is -0.396 e. The number of halogens is 2. The third-order valence-electron chi connectivity index (χ3n) is 4.08. The van der Waals surface area contributed by atoms with Gasteiger partial charge in [-0.1, -0.05) is 12.1 Å². The molecule has 0 aromatic heterocycles. The van der Waals surface area contributed by atoms with Crippen molar-refractivity contribution in [3.63, 3.8) is 0 Å². The maximum atomic E-state index is 14.6. The van der Waals surface area contributed by atoms with Crippen LogP contribution in [-0.4, -0.2) is 32.3 Å². The van der Waals surface area contributed by atoms with Crippen LogP contribution < -0.4 is 11.1 Å². The fourth-order valence-corrected chi connectivity index (χ4v) is 2.77. The predicted octanol–water partition coefficient (Wildman–Crippen LogP) is 4.02. The van der Waals surface area contributed by atoms with Crippen LogP contribution in [0.1, 0.15) is 22.3 Å². The first-order valence-electron chi connectivity index (χ1n) is 8.41. The molecular weight excluding hydrogens is 346 g/mol. The summed E-state index contributed by atoms with van der Waals surface area (Å²) in [7, 11) is 5.41. The highest BCUT2D eigenvalue weighted by atomic mass is 19.1. The number of nitrogens with one attached hydrogen (secondary N) is 2. The SMILES string of the molecule is CN/C=C(\C=N)c1ccc(C)c(/C(=C\N(C)C)c2cc(N)c(F)cc2F)c1. The minimum absolute atomic E-state index is 0.111. The topological polar surface area (TPSA) is 65.1 Å². The molecule has 0 bridgehead atoms. The smallest absolute Gasteiger partial charge is 0.149 e. The molecule has 0 unspecified atom stereocenters. The number of allylic oxidation sites excluding steroid dienone is 1. The maximum Gasteiger partial charge on any atom is 0.149 e. The van der Waals surface area contributed by atoms with Gasteiger partial charge in [0, 0.05) is 62.5 Å². The van der Waals surface area contributed by atoms with Crippen molar-refractivity contribution in [2.45, 2.75) is 6.92 Å². The van der Waals surface area contributed by atoms with Crippen molar-refractivity contribution >= 4 is 23.0 Å². The summed E-state index contributed by atoms with van der Waals surface area (Å²) in [5, 5.41) is 10.5. The summed E-state index contributed by atoms with van der Waals surface area (Å²) in [5.41, 5.74) is 9.55. The van der Waals surface area contributed by atoms with Gasteiger partial charge in [-0.3, -0.25) is 0 Å². The number of benzene rings is 2. The Morgan fingerprint density at radius 1 is 1.11 bits per heavy atom. The van der Waals surface area contributed by atoms with E-state index < -0.39 is 11.6 Å². The fraction of sp³-hybridized carbons (Fsp3) is 0.190. The molecule has 0 saturated carbocycles. The van der Waals surface area contributed by atoms with Crippen molar-refractivity contribution in [3.8, 4) is 0 Å². The average molecular weight is 370 g/mol. The van der Waals surface area contributed by atoms with Crippen LogP contribution in [-0.2, 0) is 0 Å². The quantitative estimate of drug-likeness (QED) is 0.532. The van der Waals surface area contributed by atoms with E-state index in [0.717, 1.165) is 22.8 Å². The molecule has 2 aromatic rings. The predicted molar refractivity (Wildman–Crippen MR) is 109 cm³/mol. The fourth-order valence-electron chi connectivity index (χ4n) is 2.77. The Kier molecular flexibility index (Phi) is 6.34. The summed E-state index contributed by atoms with van der Waals surface area (Å²) in [4.78, 5) is 1.79. The molecule has 0 amide bonds. The van der Waals surface area contributed by atoms with Gasteiger partial charge in [0.1, 0.15) is 11.6 Å². The van der Waals surface area contributed by atoms with Crippen molar-refractivity contribution in [1.29, 1.82) is 5.41 Å². The highest BCUT2D eigenvalue weighted by molar-refractivity contribution is 6.08. The highest BCUT2D eigenvalue weighted by Gasteiger charge is 2.17. The molecule has 4 N–H and O–H groups in total. The average Bonchev–Trinajstić information content (AvgIpc) is 2.61. The Hall–Kier alpha value is -3.15. The van der Waals surface area contributed by atoms with Crippen LogP contribution in [0.15, 0.2) is 42.7 Å². The number of nitrogens with two attached hydrogens (primary N) is 1. The molecule has 2 aromatic carbocycles. The second kappa shape index (κ2) is 8.49. The van der Waals surface area contributed by atoms with Crippen LogP contribution >= 0.6 is 0 Å². The van der Waals surface area contributed by atoms with Gasteiger partial charge < -0.3 is 21.4 Å². The van der Waals surface area contributed by atoms with Crippen molar-refractivity contribution in [1.82, 2.24) is 10.2 Å². The van der Waals surface area contributed by atoms with E-state index in [1.807, 2.05) is 39.2 Å². The first-order valence-corrected chi connectivity index (χ1v) is 8.41. The van der Waals surface area contributed by atoms with E-state index in [-0.39, 0.29) is 11.3 Å². The number of rotatable bonds is 6. The molecule has 0 aliphatic rings. The lowest BCUT2D eigenvalue weighted by Gasteiger charge is -2.17. The van der Waals surface area contributed by atoms with Gasteiger partial charge in [-0.2, -0.15) is 0 Å². The van der Waals surface area contributed by atoms with Crippen LogP contribution in [0.25, 0.3) is 11.1 Å². The first-order chi connectivity index (χ1) is 12.8. The van der Waals surface area contributed by atoms with Gasteiger partial charge in [0.15, 0.2) is 0 Å². The number of anilines is 1. The second-order valence-electron chi connectivity index (χ2n) is 6.42. The lowest BCUT2D eigenvalue weighted by atomic mass is 9.91. The molecule has 27 heavy (non-hydrogen) atoms. The van der Waals surface area contributed by atoms with E-state index in [1.165, 1.54) is 12.3 Å². The molecule has 0 aliphatic carbocycles. The summed E-state index contributed by atoms with van der Waals surface area (Å²) in [5.74, 6) is -1.47. The van der Waals surface area contributed by atoms with Gasteiger partial charge in [-0.25, -0.2) is 8.78 Å². The Labute approximate surface area is 158 Å². The van der Waals surface area contributed by atoms with Crippen molar-refractivity contribution < 1.29 is 8.78 Å². The maximum absolute atomic E-state index is 14.6.